The van der Waals surface area contributed by atoms with Gasteiger partial charge in [0.25, 0.3) is 0 Å². The van der Waals surface area contributed by atoms with Crippen LogP contribution in [0.1, 0.15) is 37.3 Å². The standard InChI is InChI=1S/C14H22N2/c1-16(13-9-10-13)11-5-8-14(15)12-6-3-2-4-7-12/h2-4,6-7,13-14H,5,8-11,15H2,1H3. The zero-order chi connectivity index (χ0) is 11.4. The Hall–Kier alpha value is -0.860. The molecule has 0 aliphatic heterocycles. The van der Waals surface area contributed by atoms with Crippen LogP contribution in [0.2, 0.25) is 0 Å². The second-order valence-corrected chi connectivity index (χ2v) is 4.87. The summed E-state index contributed by atoms with van der Waals surface area (Å²) in [6.45, 7) is 1.19. The fraction of sp³-hybridized carbons (Fsp3) is 0.571. The summed E-state index contributed by atoms with van der Waals surface area (Å²) >= 11 is 0. The van der Waals surface area contributed by atoms with Crippen LogP contribution in [0.5, 0.6) is 0 Å². The van der Waals surface area contributed by atoms with Gasteiger partial charge in [0.1, 0.15) is 0 Å². The highest BCUT2D eigenvalue weighted by Crippen LogP contribution is 2.25. The molecule has 1 aliphatic rings. The van der Waals surface area contributed by atoms with Gasteiger partial charge in [-0.2, -0.15) is 0 Å². The lowest BCUT2D eigenvalue weighted by atomic mass is 10.0. The Kier molecular flexibility index (Phi) is 3.97. The summed E-state index contributed by atoms with van der Waals surface area (Å²) in [5, 5.41) is 0. The molecule has 1 aromatic rings. The van der Waals surface area contributed by atoms with Crippen LogP contribution >= 0.6 is 0 Å². The largest absolute Gasteiger partial charge is 0.324 e. The average Bonchev–Trinajstić information content (AvgIpc) is 3.14. The summed E-state index contributed by atoms with van der Waals surface area (Å²) in [5.74, 6) is 0. The van der Waals surface area contributed by atoms with E-state index in [0.29, 0.717) is 0 Å². The van der Waals surface area contributed by atoms with Crippen LogP contribution in [0, 0.1) is 0 Å². The van der Waals surface area contributed by atoms with E-state index >= 15 is 0 Å². The van der Waals surface area contributed by atoms with E-state index in [2.05, 4.69) is 36.2 Å². The predicted octanol–water partition coefficient (Wildman–Crippen LogP) is 2.56. The van der Waals surface area contributed by atoms with E-state index in [1.54, 1.807) is 0 Å². The van der Waals surface area contributed by atoms with Gasteiger partial charge in [-0.1, -0.05) is 30.3 Å². The normalized spacial score (nSPS) is 17.7. The van der Waals surface area contributed by atoms with E-state index in [1.807, 2.05) is 6.07 Å². The quantitative estimate of drug-likeness (QED) is 0.795. The van der Waals surface area contributed by atoms with Gasteiger partial charge in [-0.15, -0.1) is 0 Å². The van der Waals surface area contributed by atoms with Gasteiger partial charge in [-0.3, -0.25) is 0 Å². The topological polar surface area (TPSA) is 29.3 Å². The van der Waals surface area contributed by atoms with E-state index in [9.17, 15) is 0 Å². The summed E-state index contributed by atoms with van der Waals surface area (Å²) in [5.41, 5.74) is 7.42. The average molecular weight is 218 g/mol. The summed E-state index contributed by atoms with van der Waals surface area (Å²) in [6, 6.07) is 11.5. The van der Waals surface area contributed by atoms with Crippen molar-refractivity contribution in [1.29, 1.82) is 0 Å². The van der Waals surface area contributed by atoms with Crippen LogP contribution in [0.15, 0.2) is 30.3 Å². The number of benzene rings is 1. The Labute approximate surface area is 98.4 Å². The van der Waals surface area contributed by atoms with E-state index in [0.717, 1.165) is 12.5 Å². The van der Waals surface area contributed by atoms with Crippen molar-refractivity contribution in [2.45, 2.75) is 37.8 Å². The highest BCUT2D eigenvalue weighted by atomic mass is 15.1. The zero-order valence-electron chi connectivity index (χ0n) is 10.1. The van der Waals surface area contributed by atoms with Gasteiger partial charge >= 0.3 is 0 Å². The van der Waals surface area contributed by atoms with Crippen molar-refractivity contribution in [1.82, 2.24) is 4.90 Å². The minimum absolute atomic E-state index is 0.203. The van der Waals surface area contributed by atoms with Gasteiger partial charge in [0.2, 0.25) is 0 Å². The van der Waals surface area contributed by atoms with Crippen LogP contribution in [0.3, 0.4) is 0 Å². The molecule has 2 nitrogen and oxygen atoms in total. The minimum Gasteiger partial charge on any atom is -0.324 e. The lowest BCUT2D eigenvalue weighted by Gasteiger charge is -2.17. The van der Waals surface area contributed by atoms with Crippen molar-refractivity contribution < 1.29 is 0 Å². The maximum absolute atomic E-state index is 6.15. The van der Waals surface area contributed by atoms with Gasteiger partial charge in [-0.05, 0) is 44.8 Å². The third-order valence-corrected chi connectivity index (χ3v) is 3.42. The summed E-state index contributed by atoms with van der Waals surface area (Å²) in [6.07, 6.45) is 5.06. The molecule has 0 aromatic heterocycles. The van der Waals surface area contributed by atoms with Crippen LogP contribution in [-0.4, -0.2) is 24.5 Å². The van der Waals surface area contributed by atoms with Crippen molar-refractivity contribution in [3.05, 3.63) is 35.9 Å². The van der Waals surface area contributed by atoms with Crippen LogP contribution in [0.25, 0.3) is 0 Å². The lowest BCUT2D eigenvalue weighted by molar-refractivity contribution is 0.312. The van der Waals surface area contributed by atoms with E-state index in [4.69, 9.17) is 5.73 Å². The van der Waals surface area contributed by atoms with Gasteiger partial charge in [0.05, 0.1) is 0 Å². The van der Waals surface area contributed by atoms with E-state index in [-0.39, 0.29) is 6.04 Å². The molecule has 0 spiro atoms. The molecule has 0 amide bonds. The Morgan fingerprint density at radius 1 is 1.31 bits per heavy atom. The second kappa shape index (κ2) is 5.46. The molecule has 0 heterocycles. The smallest absolute Gasteiger partial charge is 0.0295 e. The Morgan fingerprint density at radius 2 is 2.00 bits per heavy atom. The number of hydrogen-bond donors (Lipinski definition) is 1. The Bertz CT molecular complexity index is 306. The molecule has 2 N–H and O–H groups in total. The van der Waals surface area contributed by atoms with Crippen molar-refractivity contribution in [2.24, 2.45) is 5.73 Å². The SMILES string of the molecule is CN(CCCC(N)c1ccccc1)C1CC1. The first kappa shape index (κ1) is 11.6. The summed E-state index contributed by atoms with van der Waals surface area (Å²) in [7, 11) is 2.23. The van der Waals surface area contributed by atoms with Gasteiger partial charge in [0, 0.05) is 12.1 Å². The molecule has 1 saturated carbocycles. The molecule has 1 unspecified atom stereocenters. The van der Waals surface area contributed by atoms with Gasteiger partial charge in [0.15, 0.2) is 0 Å². The van der Waals surface area contributed by atoms with Crippen LogP contribution in [-0.2, 0) is 0 Å². The number of nitrogens with zero attached hydrogens (tertiary/aromatic N) is 1. The highest BCUT2D eigenvalue weighted by Gasteiger charge is 2.25. The minimum atomic E-state index is 0.203. The van der Waals surface area contributed by atoms with Crippen LogP contribution < -0.4 is 5.73 Å². The molecule has 2 rings (SSSR count). The number of nitrogens with two attached hydrogens (primary N) is 1. The molecule has 88 valence electrons. The first-order chi connectivity index (χ1) is 7.77. The molecular weight excluding hydrogens is 196 g/mol. The van der Waals surface area contributed by atoms with E-state index < -0.39 is 0 Å². The molecule has 0 saturated heterocycles. The van der Waals surface area contributed by atoms with Gasteiger partial charge < -0.3 is 10.6 Å². The number of hydrogen-bond acceptors (Lipinski definition) is 2. The second-order valence-electron chi connectivity index (χ2n) is 4.87. The van der Waals surface area contributed by atoms with Crippen molar-refractivity contribution in [2.75, 3.05) is 13.6 Å². The van der Waals surface area contributed by atoms with Gasteiger partial charge in [-0.25, -0.2) is 0 Å². The summed E-state index contributed by atoms with van der Waals surface area (Å²) < 4.78 is 0. The third kappa shape index (κ3) is 3.32. The molecule has 0 radical (unpaired) electrons. The monoisotopic (exact) mass is 218 g/mol. The first-order valence-electron chi connectivity index (χ1n) is 6.28. The van der Waals surface area contributed by atoms with Crippen molar-refractivity contribution in [3.63, 3.8) is 0 Å². The Balaban J connectivity index is 1.69. The predicted molar refractivity (Wildman–Crippen MR) is 68.3 cm³/mol. The maximum atomic E-state index is 6.15. The highest BCUT2D eigenvalue weighted by molar-refractivity contribution is 5.18. The molecule has 1 atom stereocenters. The Morgan fingerprint density at radius 3 is 2.62 bits per heavy atom. The lowest BCUT2D eigenvalue weighted by Crippen LogP contribution is -2.23. The number of rotatable bonds is 6. The fourth-order valence-corrected chi connectivity index (χ4v) is 2.13. The molecule has 16 heavy (non-hydrogen) atoms. The molecular formula is C14H22N2. The first-order valence-corrected chi connectivity index (χ1v) is 6.28. The van der Waals surface area contributed by atoms with Crippen LogP contribution in [0.4, 0.5) is 0 Å². The molecule has 1 aromatic carbocycles. The van der Waals surface area contributed by atoms with E-state index in [1.165, 1.54) is 31.4 Å². The molecule has 1 fully saturated rings. The summed E-state index contributed by atoms with van der Waals surface area (Å²) in [4.78, 5) is 2.47. The molecule has 0 bridgehead atoms. The fourth-order valence-electron chi connectivity index (χ4n) is 2.13. The zero-order valence-corrected chi connectivity index (χ0v) is 10.1. The maximum Gasteiger partial charge on any atom is 0.0295 e. The van der Waals surface area contributed by atoms with Crippen molar-refractivity contribution >= 4 is 0 Å². The van der Waals surface area contributed by atoms with Crippen molar-refractivity contribution in [3.8, 4) is 0 Å². The molecule has 1 aliphatic carbocycles. The third-order valence-electron chi connectivity index (χ3n) is 3.42. The molecule has 2 heteroatoms.